The van der Waals surface area contributed by atoms with Gasteiger partial charge in [-0.1, -0.05) is 35.5 Å². The Labute approximate surface area is 141 Å². The van der Waals surface area contributed by atoms with Gasteiger partial charge in [-0.15, -0.1) is 12.4 Å². The number of nitrogens with zero attached hydrogens (tertiary/aromatic N) is 3. The van der Waals surface area contributed by atoms with Crippen LogP contribution in [0.1, 0.15) is 31.2 Å². The molecular weight excluding hydrogens is 316 g/mol. The van der Waals surface area contributed by atoms with Gasteiger partial charge in [-0.2, -0.15) is 4.98 Å². The van der Waals surface area contributed by atoms with Crippen LogP contribution in [-0.4, -0.2) is 41.1 Å². The molecule has 1 aromatic carbocycles. The Bertz CT molecular complexity index is 632. The molecule has 0 saturated carbocycles. The number of hydrogen-bond acceptors (Lipinski definition) is 5. The molecular formula is C16H21ClN4O2. The Morgan fingerprint density at radius 1 is 1.35 bits per heavy atom. The van der Waals surface area contributed by atoms with Crippen LogP contribution in [0.5, 0.6) is 0 Å². The van der Waals surface area contributed by atoms with Crippen molar-refractivity contribution >= 4 is 18.3 Å². The average Bonchev–Trinajstić information content (AvgIpc) is 3.06. The van der Waals surface area contributed by atoms with Gasteiger partial charge in [0.15, 0.2) is 0 Å². The van der Waals surface area contributed by atoms with Crippen molar-refractivity contribution in [1.29, 1.82) is 0 Å². The van der Waals surface area contributed by atoms with Gasteiger partial charge in [-0.3, -0.25) is 4.79 Å². The quantitative estimate of drug-likeness (QED) is 0.928. The molecule has 0 bridgehead atoms. The molecule has 1 aromatic heterocycles. The molecule has 0 spiro atoms. The monoisotopic (exact) mass is 336 g/mol. The van der Waals surface area contributed by atoms with E-state index in [4.69, 9.17) is 4.52 Å². The molecule has 7 heteroatoms. The summed E-state index contributed by atoms with van der Waals surface area (Å²) >= 11 is 0. The van der Waals surface area contributed by atoms with Gasteiger partial charge in [0.2, 0.25) is 17.6 Å². The lowest BCUT2D eigenvalue weighted by Crippen LogP contribution is -2.42. The van der Waals surface area contributed by atoms with Gasteiger partial charge in [0.1, 0.15) is 6.04 Å². The highest BCUT2D eigenvalue weighted by Gasteiger charge is 2.31. The van der Waals surface area contributed by atoms with Crippen molar-refractivity contribution in [3.63, 3.8) is 0 Å². The number of aromatic nitrogens is 2. The minimum atomic E-state index is -0.112. The van der Waals surface area contributed by atoms with Gasteiger partial charge >= 0.3 is 0 Å². The summed E-state index contributed by atoms with van der Waals surface area (Å²) in [6.45, 7) is 1.07. The number of likely N-dealkylation sites (tertiary alicyclic amines) is 1. The Morgan fingerprint density at radius 3 is 2.87 bits per heavy atom. The van der Waals surface area contributed by atoms with Crippen LogP contribution in [0.25, 0.3) is 11.4 Å². The van der Waals surface area contributed by atoms with Crippen molar-refractivity contribution in [3.8, 4) is 11.4 Å². The van der Waals surface area contributed by atoms with Gasteiger partial charge in [-0.25, -0.2) is 0 Å². The fourth-order valence-corrected chi connectivity index (χ4v) is 2.81. The molecule has 124 valence electrons. The van der Waals surface area contributed by atoms with E-state index >= 15 is 0 Å². The van der Waals surface area contributed by atoms with Crippen molar-refractivity contribution in [2.45, 2.75) is 25.3 Å². The van der Waals surface area contributed by atoms with Crippen LogP contribution in [-0.2, 0) is 4.79 Å². The molecule has 2 aromatic rings. The zero-order valence-electron chi connectivity index (χ0n) is 13.1. The molecule has 0 radical (unpaired) electrons. The molecule has 23 heavy (non-hydrogen) atoms. The largest absolute Gasteiger partial charge is 0.337 e. The Balaban J connectivity index is 0.00000192. The number of hydrogen-bond donors (Lipinski definition) is 1. The lowest BCUT2D eigenvalue weighted by atomic mass is 10.0. The maximum atomic E-state index is 12.2. The standard InChI is InChI=1S/C16H20N4O2.ClH/c1-17-11-14(21)20-10-6-5-9-13(20)16-18-15(19-22-16)12-7-3-2-4-8-12;/h2-4,7-8,13,17H,5-6,9-11H2,1H3;1H. The zero-order chi connectivity index (χ0) is 15.4. The summed E-state index contributed by atoms with van der Waals surface area (Å²) in [6.07, 6.45) is 2.95. The number of carbonyl (C=O) groups excluding carboxylic acids is 1. The van der Waals surface area contributed by atoms with E-state index in [2.05, 4.69) is 15.5 Å². The third-order valence-corrected chi connectivity index (χ3v) is 3.91. The molecule has 1 aliphatic rings. The minimum Gasteiger partial charge on any atom is -0.337 e. The second kappa shape index (κ2) is 8.08. The Morgan fingerprint density at radius 2 is 2.13 bits per heavy atom. The van der Waals surface area contributed by atoms with Gasteiger partial charge in [0.25, 0.3) is 0 Å². The molecule has 3 rings (SSSR count). The zero-order valence-corrected chi connectivity index (χ0v) is 13.9. The van der Waals surface area contributed by atoms with E-state index in [1.807, 2.05) is 35.2 Å². The number of carbonyl (C=O) groups is 1. The molecule has 1 unspecified atom stereocenters. The van der Waals surface area contributed by atoms with E-state index in [-0.39, 0.29) is 24.4 Å². The van der Waals surface area contributed by atoms with Crippen molar-refractivity contribution < 1.29 is 9.32 Å². The second-order valence-electron chi connectivity index (χ2n) is 5.45. The van der Waals surface area contributed by atoms with Crippen LogP contribution >= 0.6 is 12.4 Å². The normalized spacial score (nSPS) is 17.6. The number of piperidine rings is 1. The van der Waals surface area contributed by atoms with Crippen molar-refractivity contribution in [3.05, 3.63) is 36.2 Å². The summed E-state index contributed by atoms with van der Waals surface area (Å²) in [5.74, 6) is 1.18. The number of nitrogens with one attached hydrogen (secondary N) is 1. The highest BCUT2D eigenvalue weighted by atomic mass is 35.5. The Hall–Kier alpha value is -1.92. The molecule has 1 amide bonds. The van der Waals surface area contributed by atoms with Crippen LogP contribution in [0.2, 0.25) is 0 Å². The maximum Gasteiger partial charge on any atom is 0.249 e. The fraction of sp³-hybridized carbons (Fsp3) is 0.438. The first kappa shape index (κ1) is 17.4. The van der Waals surface area contributed by atoms with Gasteiger partial charge in [0, 0.05) is 12.1 Å². The fourth-order valence-electron chi connectivity index (χ4n) is 2.81. The molecule has 1 saturated heterocycles. The van der Waals surface area contributed by atoms with E-state index < -0.39 is 0 Å². The highest BCUT2D eigenvalue weighted by molar-refractivity contribution is 5.85. The summed E-state index contributed by atoms with van der Waals surface area (Å²) in [7, 11) is 1.77. The predicted molar refractivity (Wildman–Crippen MR) is 89.2 cm³/mol. The first-order valence-corrected chi connectivity index (χ1v) is 7.62. The van der Waals surface area contributed by atoms with Gasteiger partial charge < -0.3 is 14.7 Å². The number of amides is 1. The third kappa shape index (κ3) is 3.89. The van der Waals surface area contributed by atoms with Crippen LogP contribution in [0, 0.1) is 0 Å². The lowest BCUT2D eigenvalue weighted by Gasteiger charge is -2.33. The first-order valence-electron chi connectivity index (χ1n) is 7.62. The van der Waals surface area contributed by atoms with Crippen LogP contribution in [0.15, 0.2) is 34.9 Å². The van der Waals surface area contributed by atoms with Crippen LogP contribution in [0.4, 0.5) is 0 Å². The predicted octanol–water partition coefficient (Wildman–Crippen LogP) is 2.43. The molecule has 2 heterocycles. The van der Waals surface area contributed by atoms with Crippen LogP contribution in [0.3, 0.4) is 0 Å². The van der Waals surface area contributed by atoms with Gasteiger partial charge in [0.05, 0.1) is 6.54 Å². The smallest absolute Gasteiger partial charge is 0.249 e. The first-order chi connectivity index (χ1) is 10.8. The molecule has 1 aliphatic heterocycles. The molecule has 6 nitrogen and oxygen atoms in total. The summed E-state index contributed by atoms with van der Waals surface area (Å²) in [5.41, 5.74) is 0.918. The maximum absolute atomic E-state index is 12.2. The lowest BCUT2D eigenvalue weighted by molar-refractivity contribution is -0.134. The Kier molecular flexibility index (Phi) is 6.12. The number of benzene rings is 1. The summed E-state index contributed by atoms with van der Waals surface area (Å²) < 4.78 is 5.44. The third-order valence-electron chi connectivity index (χ3n) is 3.91. The van der Waals surface area contributed by atoms with Gasteiger partial charge in [-0.05, 0) is 26.3 Å². The summed E-state index contributed by atoms with van der Waals surface area (Å²) in [4.78, 5) is 18.6. The van der Waals surface area contributed by atoms with Crippen molar-refractivity contribution in [1.82, 2.24) is 20.4 Å². The second-order valence-corrected chi connectivity index (χ2v) is 5.45. The van der Waals surface area contributed by atoms with E-state index in [1.165, 1.54) is 0 Å². The molecule has 1 atom stereocenters. The molecule has 1 fully saturated rings. The molecule has 1 N–H and O–H groups in total. The van der Waals surface area contributed by atoms with Crippen molar-refractivity contribution in [2.75, 3.05) is 20.1 Å². The van der Waals surface area contributed by atoms with E-state index in [0.717, 1.165) is 31.4 Å². The van der Waals surface area contributed by atoms with E-state index in [0.29, 0.717) is 18.3 Å². The summed E-state index contributed by atoms with van der Waals surface area (Å²) in [5, 5.41) is 6.97. The van der Waals surface area contributed by atoms with Crippen LogP contribution < -0.4 is 5.32 Å². The van der Waals surface area contributed by atoms with E-state index in [9.17, 15) is 4.79 Å². The number of halogens is 1. The summed E-state index contributed by atoms with van der Waals surface area (Å²) in [6, 6.07) is 9.60. The van der Waals surface area contributed by atoms with Crippen molar-refractivity contribution in [2.24, 2.45) is 0 Å². The average molecular weight is 337 g/mol. The number of rotatable bonds is 4. The highest BCUT2D eigenvalue weighted by Crippen LogP contribution is 2.31. The minimum absolute atomic E-state index is 0. The SMILES string of the molecule is CNCC(=O)N1CCCCC1c1nc(-c2ccccc2)no1.Cl. The molecule has 0 aliphatic carbocycles. The topological polar surface area (TPSA) is 71.3 Å². The van der Waals surface area contributed by atoms with E-state index in [1.54, 1.807) is 7.05 Å². The number of likely N-dealkylation sites (N-methyl/N-ethyl adjacent to an activating group) is 1.